The first-order chi connectivity index (χ1) is 5.83. The molecule has 1 heterocycles. The molecule has 1 rings (SSSR count). The van der Waals surface area contributed by atoms with E-state index in [0.717, 1.165) is 0 Å². The quantitative estimate of drug-likeness (QED) is 0.616. The van der Waals surface area contributed by atoms with E-state index in [-0.39, 0.29) is 0 Å². The van der Waals surface area contributed by atoms with Gasteiger partial charge in [0, 0.05) is 13.1 Å². The Hall–Kier alpha value is -0.0800. The monoisotopic (exact) mass is 170 g/mol. The summed E-state index contributed by atoms with van der Waals surface area (Å²) in [4.78, 5) is 5.00. The molecule has 1 aliphatic heterocycles. The average molecular weight is 170 g/mol. The Morgan fingerprint density at radius 1 is 1.17 bits per heavy atom. The fourth-order valence-corrected chi connectivity index (χ4v) is 1.81. The number of nitrogens with zero attached hydrogens (tertiary/aromatic N) is 2. The smallest absolute Gasteiger partial charge is 0.0109 e. The van der Waals surface area contributed by atoms with Crippen LogP contribution in [0.2, 0.25) is 0 Å². The number of hydrogen-bond donors (Lipinski definition) is 0. The Labute approximate surface area is 76.5 Å². The Bertz CT molecular complexity index is 108. The summed E-state index contributed by atoms with van der Waals surface area (Å²) in [5.41, 5.74) is 0. The molecule has 0 aliphatic carbocycles. The van der Waals surface area contributed by atoms with Gasteiger partial charge in [-0.2, -0.15) is 0 Å². The normalized spacial score (nSPS) is 19.2. The second-order valence-electron chi connectivity index (χ2n) is 3.85. The van der Waals surface area contributed by atoms with Crippen LogP contribution in [0.5, 0.6) is 0 Å². The molecule has 72 valence electrons. The average Bonchev–Trinajstić information content (AvgIpc) is 2.53. The molecule has 2 heteroatoms. The van der Waals surface area contributed by atoms with Gasteiger partial charge in [-0.15, -0.1) is 0 Å². The molecular weight excluding hydrogens is 148 g/mol. The van der Waals surface area contributed by atoms with Crippen LogP contribution in [0.25, 0.3) is 0 Å². The molecular formula is C10H22N2. The van der Waals surface area contributed by atoms with Crippen LogP contribution in [0.4, 0.5) is 0 Å². The summed E-state index contributed by atoms with van der Waals surface area (Å²) in [5.74, 6) is 0. The Kier molecular flexibility index (Phi) is 4.62. The maximum atomic E-state index is 2.58. The highest BCUT2D eigenvalue weighted by molar-refractivity contribution is 4.67. The predicted molar refractivity (Wildman–Crippen MR) is 53.5 cm³/mol. The van der Waals surface area contributed by atoms with Crippen LogP contribution in [0.3, 0.4) is 0 Å². The summed E-state index contributed by atoms with van der Waals surface area (Å²) < 4.78 is 0. The molecule has 0 aromatic rings. The lowest BCUT2D eigenvalue weighted by Gasteiger charge is -2.20. The summed E-state index contributed by atoms with van der Waals surface area (Å²) in [5, 5.41) is 0. The minimum Gasteiger partial charge on any atom is -0.305 e. The molecule has 0 unspecified atom stereocenters. The molecule has 0 aromatic carbocycles. The molecule has 2 nitrogen and oxygen atoms in total. The summed E-state index contributed by atoms with van der Waals surface area (Å²) in [6, 6.07) is 0. The largest absolute Gasteiger partial charge is 0.305 e. The third-order valence-corrected chi connectivity index (χ3v) is 2.60. The molecule has 0 spiro atoms. The van der Waals surface area contributed by atoms with Gasteiger partial charge in [0.25, 0.3) is 0 Å². The molecule has 1 saturated heterocycles. The van der Waals surface area contributed by atoms with Crippen molar-refractivity contribution in [1.29, 1.82) is 0 Å². The second kappa shape index (κ2) is 5.55. The molecule has 0 N–H and O–H groups in total. The fraction of sp³-hybridized carbons (Fsp3) is 1.00. The van der Waals surface area contributed by atoms with E-state index in [1.807, 2.05) is 0 Å². The van der Waals surface area contributed by atoms with Crippen molar-refractivity contribution in [2.24, 2.45) is 0 Å². The van der Waals surface area contributed by atoms with Gasteiger partial charge in [0.15, 0.2) is 0 Å². The van der Waals surface area contributed by atoms with Gasteiger partial charge in [-0.25, -0.2) is 0 Å². The Morgan fingerprint density at radius 3 is 2.42 bits per heavy atom. The van der Waals surface area contributed by atoms with E-state index in [1.54, 1.807) is 0 Å². The first-order valence-corrected chi connectivity index (χ1v) is 5.24. The molecule has 12 heavy (non-hydrogen) atoms. The lowest BCUT2D eigenvalue weighted by atomic mass is 10.4. The van der Waals surface area contributed by atoms with E-state index < -0.39 is 0 Å². The zero-order valence-electron chi connectivity index (χ0n) is 8.55. The topological polar surface area (TPSA) is 6.48 Å². The van der Waals surface area contributed by atoms with Crippen LogP contribution in [-0.2, 0) is 0 Å². The maximum Gasteiger partial charge on any atom is 0.0109 e. The predicted octanol–water partition coefficient (Wildman–Crippen LogP) is 1.42. The molecule has 0 bridgehead atoms. The summed E-state index contributed by atoms with van der Waals surface area (Å²) in [6.07, 6.45) is 4.10. The van der Waals surface area contributed by atoms with E-state index >= 15 is 0 Å². The van der Waals surface area contributed by atoms with E-state index in [9.17, 15) is 0 Å². The van der Waals surface area contributed by atoms with Gasteiger partial charge >= 0.3 is 0 Å². The van der Waals surface area contributed by atoms with Crippen LogP contribution in [0.15, 0.2) is 0 Å². The number of hydrogen-bond acceptors (Lipinski definition) is 2. The van der Waals surface area contributed by atoms with E-state index in [1.165, 1.54) is 52.0 Å². The first-order valence-electron chi connectivity index (χ1n) is 5.24. The van der Waals surface area contributed by atoms with Crippen molar-refractivity contribution < 1.29 is 0 Å². The van der Waals surface area contributed by atoms with Crippen LogP contribution >= 0.6 is 0 Å². The van der Waals surface area contributed by atoms with E-state index in [0.29, 0.717) is 0 Å². The molecule has 1 fully saturated rings. The van der Waals surface area contributed by atoms with Gasteiger partial charge in [0.1, 0.15) is 0 Å². The molecule has 1 aliphatic rings. The van der Waals surface area contributed by atoms with Crippen molar-refractivity contribution in [2.75, 3.05) is 39.8 Å². The van der Waals surface area contributed by atoms with E-state index in [2.05, 4.69) is 23.8 Å². The number of rotatable bonds is 5. The lowest BCUT2D eigenvalue weighted by Crippen LogP contribution is -2.31. The molecule has 0 amide bonds. The minimum atomic E-state index is 1.24. The second-order valence-corrected chi connectivity index (χ2v) is 3.85. The fourth-order valence-electron chi connectivity index (χ4n) is 1.81. The van der Waals surface area contributed by atoms with Gasteiger partial charge < -0.3 is 9.80 Å². The van der Waals surface area contributed by atoms with Crippen molar-refractivity contribution in [1.82, 2.24) is 9.80 Å². The van der Waals surface area contributed by atoms with Crippen molar-refractivity contribution in [2.45, 2.75) is 26.2 Å². The van der Waals surface area contributed by atoms with Crippen LogP contribution < -0.4 is 0 Å². The summed E-state index contributed by atoms with van der Waals surface area (Å²) in [7, 11) is 2.22. The molecule has 0 aromatic heterocycles. The SMILES string of the molecule is CCCN(C)CCN1CCCC1. The van der Waals surface area contributed by atoms with Gasteiger partial charge in [0.05, 0.1) is 0 Å². The zero-order chi connectivity index (χ0) is 8.81. The van der Waals surface area contributed by atoms with Crippen molar-refractivity contribution in [3.63, 3.8) is 0 Å². The van der Waals surface area contributed by atoms with Crippen molar-refractivity contribution in [3.8, 4) is 0 Å². The van der Waals surface area contributed by atoms with Crippen LogP contribution in [0.1, 0.15) is 26.2 Å². The van der Waals surface area contributed by atoms with Crippen molar-refractivity contribution >= 4 is 0 Å². The molecule has 0 atom stereocenters. The minimum absolute atomic E-state index is 1.24. The first kappa shape index (κ1) is 10.0. The summed E-state index contributed by atoms with van der Waals surface area (Å²) >= 11 is 0. The van der Waals surface area contributed by atoms with Crippen LogP contribution in [-0.4, -0.2) is 49.6 Å². The standard InChI is InChI=1S/C10H22N2/c1-3-6-11(2)9-10-12-7-4-5-8-12/h3-10H2,1-2H3. The Balaban J connectivity index is 1.99. The number of likely N-dealkylation sites (tertiary alicyclic amines) is 1. The highest BCUT2D eigenvalue weighted by atomic mass is 15.2. The maximum absolute atomic E-state index is 2.58. The summed E-state index contributed by atoms with van der Waals surface area (Å²) in [6.45, 7) is 8.67. The lowest BCUT2D eigenvalue weighted by molar-refractivity contribution is 0.257. The van der Waals surface area contributed by atoms with Gasteiger partial charge in [-0.05, 0) is 45.9 Å². The van der Waals surface area contributed by atoms with Gasteiger partial charge in [0.2, 0.25) is 0 Å². The van der Waals surface area contributed by atoms with Gasteiger partial charge in [-0.1, -0.05) is 6.92 Å². The third kappa shape index (κ3) is 3.55. The Morgan fingerprint density at radius 2 is 1.83 bits per heavy atom. The highest BCUT2D eigenvalue weighted by Gasteiger charge is 2.10. The molecule has 0 radical (unpaired) electrons. The number of likely N-dealkylation sites (N-methyl/N-ethyl adjacent to an activating group) is 1. The van der Waals surface area contributed by atoms with Crippen LogP contribution in [0, 0.1) is 0 Å². The zero-order valence-corrected chi connectivity index (χ0v) is 8.55. The van der Waals surface area contributed by atoms with E-state index in [4.69, 9.17) is 0 Å². The van der Waals surface area contributed by atoms with Gasteiger partial charge in [-0.3, -0.25) is 0 Å². The highest BCUT2D eigenvalue weighted by Crippen LogP contribution is 2.06. The van der Waals surface area contributed by atoms with Crippen molar-refractivity contribution in [3.05, 3.63) is 0 Å². The molecule has 0 saturated carbocycles. The third-order valence-electron chi connectivity index (χ3n) is 2.60.